The van der Waals surface area contributed by atoms with Gasteiger partial charge in [0, 0.05) is 17.9 Å². The lowest BCUT2D eigenvalue weighted by atomic mass is 9.94. The molecule has 18 heavy (non-hydrogen) atoms. The monoisotopic (exact) mass is 313 g/mol. The maximum absolute atomic E-state index is 12.5. The summed E-state index contributed by atoms with van der Waals surface area (Å²) in [5.41, 5.74) is 0.695. The maximum Gasteiger partial charge on any atom is 0.257 e. The third-order valence-electron chi connectivity index (χ3n) is 3.74. The van der Waals surface area contributed by atoms with Gasteiger partial charge in [-0.3, -0.25) is 4.79 Å². The van der Waals surface area contributed by atoms with Crippen LogP contribution in [0.2, 0.25) is 0 Å². The molecular weight excluding hydrogens is 294 g/mol. The summed E-state index contributed by atoms with van der Waals surface area (Å²) >= 11 is 3.70. The second-order valence-corrected chi connectivity index (χ2v) is 6.29. The van der Waals surface area contributed by atoms with Gasteiger partial charge in [0.1, 0.15) is 11.5 Å². The Morgan fingerprint density at radius 2 is 2.06 bits per heavy atom. The van der Waals surface area contributed by atoms with Gasteiger partial charge >= 0.3 is 0 Å². The number of furan rings is 1. The molecule has 100 valence electrons. The SMILES string of the molecule is Cc1cc(C(=O)N(C)C2CCCCC2Br)c(C)o1. The Morgan fingerprint density at radius 1 is 1.39 bits per heavy atom. The standard InChI is InChI=1S/C14H20BrNO2/c1-9-8-11(10(2)18-9)14(17)16(3)13-7-5-4-6-12(13)15/h8,12-13H,4-7H2,1-3H3. The highest BCUT2D eigenvalue weighted by molar-refractivity contribution is 9.09. The van der Waals surface area contributed by atoms with Gasteiger partial charge < -0.3 is 9.32 Å². The summed E-state index contributed by atoms with van der Waals surface area (Å²) in [4.78, 5) is 14.8. The van der Waals surface area contributed by atoms with Crippen LogP contribution in [0, 0.1) is 13.8 Å². The molecule has 0 aromatic carbocycles. The first-order valence-electron chi connectivity index (χ1n) is 6.49. The van der Waals surface area contributed by atoms with Gasteiger partial charge in [0.05, 0.1) is 5.56 Å². The van der Waals surface area contributed by atoms with Crippen molar-refractivity contribution in [1.82, 2.24) is 4.90 Å². The van der Waals surface area contributed by atoms with Crippen LogP contribution in [0.25, 0.3) is 0 Å². The van der Waals surface area contributed by atoms with Gasteiger partial charge in [-0.15, -0.1) is 0 Å². The van der Waals surface area contributed by atoms with E-state index < -0.39 is 0 Å². The molecule has 0 spiro atoms. The van der Waals surface area contributed by atoms with Gasteiger partial charge in [-0.1, -0.05) is 28.8 Å². The number of amides is 1. The minimum absolute atomic E-state index is 0.0701. The summed E-state index contributed by atoms with van der Waals surface area (Å²) in [5.74, 6) is 1.58. The van der Waals surface area contributed by atoms with E-state index in [1.54, 1.807) is 0 Å². The van der Waals surface area contributed by atoms with Gasteiger partial charge in [0.15, 0.2) is 0 Å². The first-order valence-corrected chi connectivity index (χ1v) is 7.40. The van der Waals surface area contributed by atoms with E-state index in [1.807, 2.05) is 31.9 Å². The number of carbonyl (C=O) groups excluding carboxylic acids is 1. The fraction of sp³-hybridized carbons (Fsp3) is 0.643. The van der Waals surface area contributed by atoms with E-state index in [9.17, 15) is 4.79 Å². The van der Waals surface area contributed by atoms with E-state index in [0.717, 1.165) is 18.6 Å². The van der Waals surface area contributed by atoms with Gasteiger partial charge in [-0.25, -0.2) is 0 Å². The van der Waals surface area contributed by atoms with E-state index in [-0.39, 0.29) is 5.91 Å². The molecule has 2 unspecified atom stereocenters. The van der Waals surface area contributed by atoms with Crippen LogP contribution >= 0.6 is 15.9 Å². The van der Waals surface area contributed by atoms with Crippen molar-refractivity contribution in [3.63, 3.8) is 0 Å². The quantitative estimate of drug-likeness (QED) is 0.780. The second-order valence-electron chi connectivity index (χ2n) is 5.11. The number of halogens is 1. The number of hydrogen-bond donors (Lipinski definition) is 0. The predicted octanol–water partition coefficient (Wildman–Crippen LogP) is 3.67. The molecule has 2 rings (SSSR count). The molecule has 1 heterocycles. The molecule has 3 nitrogen and oxygen atoms in total. The lowest BCUT2D eigenvalue weighted by Gasteiger charge is -2.35. The zero-order chi connectivity index (χ0) is 13.3. The fourth-order valence-electron chi connectivity index (χ4n) is 2.69. The van der Waals surface area contributed by atoms with Crippen LogP contribution in [-0.2, 0) is 0 Å². The topological polar surface area (TPSA) is 33.5 Å². The van der Waals surface area contributed by atoms with E-state index in [2.05, 4.69) is 15.9 Å². The maximum atomic E-state index is 12.5. The van der Waals surface area contributed by atoms with E-state index >= 15 is 0 Å². The number of aryl methyl sites for hydroxylation is 2. The molecule has 1 aliphatic rings. The van der Waals surface area contributed by atoms with Crippen molar-refractivity contribution in [2.75, 3.05) is 7.05 Å². The number of rotatable bonds is 2. The fourth-order valence-corrected chi connectivity index (χ4v) is 3.63. The summed E-state index contributed by atoms with van der Waals surface area (Å²) in [6, 6.07) is 2.13. The Kier molecular flexibility index (Phi) is 4.15. The Balaban J connectivity index is 2.15. The smallest absolute Gasteiger partial charge is 0.257 e. The molecule has 1 aromatic heterocycles. The minimum atomic E-state index is 0.0701. The van der Waals surface area contributed by atoms with E-state index in [4.69, 9.17) is 4.42 Å². The highest BCUT2D eigenvalue weighted by Crippen LogP contribution is 2.29. The average Bonchev–Trinajstić information content (AvgIpc) is 2.67. The lowest BCUT2D eigenvalue weighted by Crippen LogP contribution is -2.44. The Bertz CT molecular complexity index is 441. The van der Waals surface area contributed by atoms with Crippen molar-refractivity contribution in [3.8, 4) is 0 Å². The third-order valence-corrected chi connectivity index (χ3v) is 4.80. The molecule has 0 aliphatic heterocycles. The van der Waals surface area contributed by atoms with E-state index in [1.165, 1.54) is 12.8 Å². The second kappa shape index (κ2) is 5.47. The van der Waals surface area contributed by atoms with Crippen molar-refractivity contribution in [2.24, 2.45) is 0 Å². The molecular formula is C14H20BrNO2. The molecule has 1 aromatic rings. The molecule has 0 N–H and O–H groups in total. The van der Waals surface area contributed by atoms with Crippen LogP contribution in [0.3, 0.4) is 0 Å². The van der Waals surface area contributed by atoms with Gasteiger partial charge in [0.2, 0.25) is 0 Å². The molecule has 1 aliphatic carbocycles. The number of carbonyl (C=O) groups is 1. The normalized spacial score (nSPS) is 24.0. The largest absolute Gasteiger partial charge is 0.466 e. The highest BCUT2D eigenvalue weighted by Gasteiger charge is 2.30. The van der Waals surface area contributed by atoms with Crippen LogP contribution in [0.4, 0.5) is 0 Å². The lowest BCUT2D eigenvalue weighted by molar-refractivity contribution is 0.0703. The average molecular weight is 314 g/mol. The summed E-state index contributed by atoms with van der Waals surface area (Å²) in [7, 11) is 1.90. The zero-order valence-corrected chi connectivity index (χ0v) is 12.8. The van der Waals surface area contributed by atoms with Crippen molar-refractivity contribution in [2.45, 2.75) is 50.4 Å². The van der Waals surface area contributed by atoms with Crippen molar-refractivity contribution >= 4 is 21.8 Å². The Hall–Kier alpha value is -0.770. The molecule has 0 radical (unpaired) electrons. The summed E-state index contributed by atoms with van der Waals surface area (Å²) < 4.78 is 5.44. The summed E-state index contributed by atoms with van der Waals surface area (Å²) in [6.45, 7) is 3.72. The predicted molar refractivity (Wildman–Crippen MR) is 75.2 cm³/mol. The van der Waals surface area contributed by atoms with Crippen LogP contribution in [0.15, 0.2) is 10.5 Å². The van der Waals surface area contributed by atoms with Crippen LogP contribution in [0.1, 0.15) is 47.6 Å². The molecule has 1 saturated carbocycles. The molecule has 1 amide bonds. The third kappa shape index (κ3) is 2.63. The molecule has 2 atom stereocenters. The van der Waals surface area contributed by atoms with E-state index in [0.29, 0.717) is 22.2 Å². The first-order chi connectivity index (χ1) is 8.50. The zero-order valence-electron chi connectivity index (χ0n) is 11.2. The van der Waals surface area contributed by atoms with Crippen LogP contribution < -0.4 is 0 Å². The number of hydrogen-bond acceptors (Lipinski definition) is 2. The number of nitrogens with zero attached hydrogens (tertiary/aromatic N) is 1. The molecule has 0 saturated heterocycles. The highest BCUT2D eigenvalue weighted by atomic mass is 79.9. The summed E-state index contributed by atoms with van der Waals surface area (Å²) in [5, 5.41) is 0. The Labute approximate surface area is 117 Å². The minimum Gasteiger partial charge on any atom is -0.466 e. The van der Waals surface area contributed by atoms with Gasteiger partial charge in [-0.05, 0) is 32.8 Å². The molecule has 4 heteroatoms. The van der Waals surface area contributed by atoms with Crippen LogP contribution in [0.5, 0.6) is 0 Å². The van der Waals surface area contributed by atoms with Gasteiger partial charge in [0.25, 0.3) is 5.91 Å². The van der Waals surface area contributed by atoms with Crippen molar-refractivity contribution < 1.29 is 9.21 Å². The molecule has 1 fully saturated rings. The Morgan fingerprint density at radius 3 is 2.61 bits per heavy atom. The van der Waals surface area contributed by atoms with Crippen molar-refractivity contribution in [1.29, 1.82) is 0 Å². The van der Waals surface area contributed by atoms with Crippen molar-refractivity contribution in [3.05, 3.63) is 23.2 Å². The number of alkyl halides is 1. The first kappa shape index (κ1) is 13.7. The van der Waals surface area contributed by atoms with Gasteiger partial charge in [-0.2, -0.15) is 0 Å². The molecule has 0 bridgehead atoms. The van der Waals surface area contributed by atoms with Crippen LogP contribution in [-0.4, -0.2) is 28.7 Å². The summed E-state index contributed by atoms with van der Waals surface area (Å²) in [6.07, 6.45) is 4.67.